The third-order valence-corrected chi connectivity index (χ3v) is 13.4. The summed E-state index contributed by atoms with van der Waals surface area (Å²) in [4.78, 5) is 38.2. The quantitative estimate of drug-likeness (QED) is 0.0199. The van der Waals surface area contributed by atoms with Gasteiger partial charge in [-0.15, -0.1) is 0 Å². The van der Waals surface area contributed by atoms with E-state index in [-0.39, 0.29) is 31.1 Å². The fraction of sp³-hybridized carbons (Fsp3) is 0.855. The molecule has 1 unspecified atom stereocenters. The van der Waals surface area contributed by atoms with Crippen molar-refractivity contribution in [2.75, 3.05) is 13.2 Å². The second-order valence-electron chi connectivity index (χ2n) is 20.3. The Labute approximate surface area is 423 Å². The Balaban J connectivity index is 4.35. The van der Waals surface area contributed by atoms with Gasteiger partial charge in [0.15, 0.2) is 6.10 Å². The van der Waals surface area contributed by atoms with Crippen LogP contribution in [0.1, 0.15) is 323 Å². The SMILES string of the molecule is CCCCC/C=C\C=C/CCCCCCCCC(=O)OCC(COC(=O)CCCCCCCCC/C=C\CCCCCCCCCC)OC(=O)CCCCCCCCCCCCCCCCCC. The van der Waals surface area contributed by atoms with Crippen LogP contribution in [0.5, 0.6) is 0 Å². The van der Waals surface area contributed by atoms with Crippen LogP contribution in [0.4, 0.5) is 0 Å². The zero-order valence-corrected chi connectivity index (χ0v) is 45.6. The molecular weight excluding hydrogens is 841 g/mol. The van der Waals surface area contributed by atoms with Crippen molar-refractivity contribution in [2.24, 2.45) is 0 Å². The summed E-state index contributed by atoms with van der Waals surface area (Å²) in [5.41, 5.74) is 0. The zero-order valence-electron chi connectivity index (χ0n) is 45.6. The van der Waals surface area contributed by atoms with E-state index in [0.717, 1.165) is 64.2 Å². The van der Waals surface area contributed by atoms with Gasteiger partial charge in [0.05, 0.1) is 0 Å². The van der Waals surface area contributed by atoms with Crippen molar-refractivity contribution in [1.82, 2.24) is 0 Å². The molecule has 0 saturated carbocycles. The molecule has 0 spiro atoms. The number of carbonyl (C=O) groups excluding carboxylic acids is 3. The van der Waals surface area contributed by atoms with Crippen molar-refractivity contribution < 1.29 is 28.6 Å². The van der Waals surface area contributed by atoms with Crippen molar-refractivity contribution >= 4 is 17.9 Å². The molecule has 0 saturated heterocycles. The number of hydrogen-bond acceptors (Lipinski definition) is 6. The summed E-state index contributed by atoms with van der Waals surface area (Å²) in [6.45, 7) is 6.64. The van der Waals surface area contributed by atoms with E-state index >= 15 is 0 Å². The number of allylic oxidation sites excluding steroid dienone is 6. The van der Waals surface area contributed by atoms with Crippen LogP contribution >= 0.6 is 0 Å². The monoisotopic (exact) mass is 955 g/mol. The maximum atomic E-state index is 12.9. The highest BCUT2D eigenvalue weighted by Gasteiger charge is 2.19. The fourth-order valence-electron chi connectivity index (χ4n) is 8.84. The first kappa shape index (κ1) is 65.6. The Hall–Kier alpha value is -2.37. The number of esters is 3. The minimum Gasteiger partial charge on any atom is -0.462 e. The third-order valence-electron chi connectivity index (χ3n) is 13.4. The number of carbonyl (C=O) groups is 3. The van der Waals surface area contributed by atoms with Crippen LogP contribution in [-0.4, -0.2) is 37.2 Å². The molecule has 0 aromatic heterocycles. The van der Waals surface area contributed by atoms with Crippen LogP contribution < -0.4 is 0 Å². The molecule has 0 N–H and O–H groups in total. The average Bonchev–Trinajstić information content (AvgIpc) is 3.34. The van der Waals surface area contributed by atoms with E-state index < -0.39 is 6.10 Å². The van der Waals surface area contributed by atoms with Crippen LogP contribution in [0.15, 0.2) is 36.5 Å². The fourth-order valence-corrected chi connectivity index (χ4v) is 8.84. The van der Waals surface area contributed by atoms with E-state index in [2.05, 4.69) is 57.2 Å². The molecule has 6 heteroatoms. The van der Waals surface area contributed by atoms with E-state index in [9.17, 15) is 14.4 Å². The topological polar surface area (TPSA) is 78.9 Å². The summed E-state index contributed by atoms with van der Waals surface area (Å²) in [6.07, 6.45) is 68.5. The van der Waals surface area contributed by atoms with Crippen molar-refractivity contribution in [2.45, 2.75) is 329 Å². The second kappa shape index (κ2) is 57.2. The summed E-state index contributed by atoms with van der Waals surface area (Å²) < 4.78 is 16.9. The molecule has 0 fully saturated rings. The molecule has 0 aliphatic rings. The van der Waals surface area contributed by atoms with Gasteiger partial charge in [-0.3, -0.25) is 14.4 Å². The Morgan fingerprint density at radius 3 is 0.853 bits per heavy atom. The van der Waals surface area contributed by atoms with Crippen molar-refractivity contribution in [3.63, 3.8) is 0 Å². The van der Waals surface area contributed by atoms with Gasteiger partial charge in [0.2, 0.25) is 0 Å². The molecule has 0 aliphatic heterocycles. The van der Waals surface area contributed by atoms with E-state index in [0.29, 0.717) is 19.3 Å². The Bertz CT molecular complexity index is 1140. The smallest absolute Gasteiger partial charge is 0.306 e. The van der Waals surface area contributed by atoms with Gasteiger partial charge >= 0.3 is 17.9 Å². The molecule has 0 aromatic carbocycles. The predicted octanol–water partition coefficient (Wildman–Crippen LogP) is 20.0. The van der Waals surface area contributed by atoms with E-state index in [1.807, 2.05) is 0 Å². The van der Waals surface area contributed by atoms with Crippen molar-refractivity contribution in [1.29, 1.82) is 0 Å². The minimum absolute atomic E-state index is 0.0746. The highest BCUT2D eigenvalue weighted by molar-refractivity contribution is 5.71. The lowest BCUT2D eigenvalue weighted by Gasteiger charge is -2.18. The van der Waals surface area contributed by atoms with Gasteiger partial charge in [0.25, 0.3) is 0 Å². The molecule has 1 atom stereocenters. The van der Waals surface area contributed by atoms with Gasteiger partial charge in [-0.2, -0.15) is 0 Å². The van der Waals surface area contributed by atoms with E-state index in [4.69, 9.17) is 14.2 Å². The lowest BCUT2D eigenvalue weighted by molar-refractivity contribution is -0.167. The van der Waals surface area contributed by atoms with Gasteiger partial charge in [-0.05, 0) is 70.6 Å². The molecule has 0 amide bonds. The normalized spacial score (nSPS) is 12.2. The molecule has 0 rings (SSSR count). The van der Waals surface area contributed by atoms with Gasteiger partial charge in [0, 0.05) is 19.3 Å². The first-order chi connectivity index (χ1) is 33.5. The lowest BCUT2D eigenvalue weighted by Crippen LogP contribution is -2.30. The first-order valence-electron chi connectivity index (χ1n) is 30.0. The third kappa shape index (κ3) is 54.6. The number of hydrogen-bond donors (Lipinski definition) is 0. The van der Waals surface area contributed by atoms with E-state index in [1.165, 1.54) is 218 Å². The van der Waals surface area contributed by atoms with Crippen LogP contribution in [0.3, 0.4) is 0 Å². The number of ether oxygens (including phenoxy) is 3. The van der Waals surface area contributed by atoms with Crippen LogP contribution in [0.2, 0.25) is 0 Å². The average molecular weight is 956 g/mol. The van der Waals surface area contributed by atoms with Gasteiger partial charge in [0.1, 0.15) is 13.2 Å². The molecule has 68 heavy (non-hydrogen) atoms. The minimum atomic E-state index is -0.776. The maximum absolute atomic E-state index is 12.9. The summed E-state index contributed by atoms with van der Waals surface area (Å²) in [6, 6.07) is 0. The summed E-state index contributed by atoms with van der Waals surface area (Å²) in [5, 5.41) is 0. The Kier molecular flexibility index (Phi) is 55.2. The molecule has 0 bridgehead atoms. The molecule has 0 aromatic rings. The molecule has 6 nitrogen and oxygen atoms in total. The number of rotatable bonds is 55. The zero-order chi connectivity index (χ0) is 49.3. The van der Waals surface area contributed by atoms with Crippen molar-refractivity contribution in [3.05, 3.63) is 36.5 Å². The Morgan fingerprint density at radius 2 is 0.529 bits per heavy atom. The predicted molar refractivity (Wildman–Crippen MR) is 293 cm³/mol. The highest BCUT2D eigenvalue weighted by atomic mass is 16.6. The van der Waals surface area contributed by atoms with Crippen LogP contribution in [0.25, 0.3) is 0 Å². The van der Waals surface area contributed by atoms with E-state index in [1.54, 1.807) is 0 Å². The largest absolute Gasteiger partial charge is 0.462 e. The molecule has 0 heterocycles. The van der Waals surface area contributed by atoms with Crippen LogP contribution in [-0.2, 0) is 28.6 Å². The summed E-state index contributed by atoms with van der Waals surface area (Å²) >= 11 is 0. The molecular formula is C62H114O6. The van der Waals surface area contributed by atoms with Crippen LogP contribution in [0, 0.1) is 0 Å². The maximum Gasteiger partial charge on any atom is 0.306 e. The molecule has 0 aliphatic carbocycles. The van der Waals surface area contributed by atoms with Gasteiger partial charge in [-0.25, -0.2) is 0 Å². The van der Waals surface area contributed by atoms with Gasteiger partial charge < -0.3 is 14.2 Å². The van der Waals surface area contributed by atoms with Crippen molar-refractivity contribution in [3.8, 4) is 0 Å². The molecule has 398 valence electrons. The van der Waals surface area contributed by atoms with Gasteiger partial charge in [-0.1, -0.05) is 269 Å². The second-order valence-corrected chi connectivity index (χ2v) is 20.3. The summed E-state index contributed by atoms with van der Waals surface area (Å²) in [7, 11) is 0. The lowest BCUT2D eigenvalue weighted by atomic mass is 10.0. The molecule has 0 radical (unpaired) electrons. The first-order valence-corrected chi connectivity index (χ1v) is 30.0. The standard InChI is InChI=1S/C62H114O6/c1-4-7-10-13-16-19-22-25-28-30-31-32-35-37-40-43-46-49-52-55-61(64)67-58-59(57-66-60(63)54-51-48-45-42-39-36-33-27-24-21-18-15-12-9-6-3)68-62(65)56-53-50-47-44-41-38-34-29-26-23-20-17-14-11-8-5-2/h18,21,24,27,30-31,59H,4-17,19-20,22-23,25-26,28-29,32-58H2,1-3H3/b21-18-,27-24-,31-30-. The summed E-state index contributed by atoms with van der Waals surface area (Å²) in [5.74, 6) is -0.870. The Morgan fingerprint density at radius 1 is 0.294 bits per heavy atom. The number of unbranched alkanes of at least 4 members (excludes halogenated alkanes) is 39. The highest BCUT2D eigenvalue weighted by Crippen LogP contribution is 2.17.